The van der Waals surface area contributed by atoms with Crippen LogP contribution in [-0.4, -0.2) is 34.5 Å². The van der Waals surface area contributed by atoms with Crippen molar-refractivity contribution in [3.63, 3.8) is 0 Å². The van der Waals surface area contributed by atoms with Gasteiger partial charge in [-0.05, 0) is 47.5 Å². The molecule has 168 valence electrons. The normalized spacial score (nSPS) is 13.4. The highest BCUT2D eigenvalue weighted by atomic mass is 35.5. The molecule has 0 aliphatic heterocycles. The van der Waals surface area contributed by atoms with Gasteiger partial charge >= 0.3 is 12.1 Å². The van der Waals surface area contributed by atoms with Crippen molar-refractivity contribution in [3.05, 3.63) is 82.5 Å². The number of aromatic nitrogens is 1. The second-order valence-electron chi connectivity index (χ2n) is 7.12. The summed E-state index contributed by atoms with van der Waals surface area (Å²) >= 11 is 6.21. The van der Waals surface area contributed by atoms with Gasteiger partial charge in [0.25, 0.3) is 0 Å². The molecule has 1 heterocycles. The number of methoxy groups -OCH3 is 1. The van der Waals surface area contributed by atoms with Crippen LogP contribution in [0.2, 0.25) is 5.02 Å². The molecule has 0 fully saturated rings. The summed E-state index contributed by atoms with van der Waals surface area (Å²) in [6.45, 7) is 0. The molecule has 0 spiro atoms. The highest BCUT2D eigenvalue weighted by Gasteiger charge is 2.37. The van der Waals surface area contributed by atoms with Crippen molar-refractivity contribution < 1.29 is 32.9 Å². The van der Waals surface area contributed by atoms with Gasteiger partial charge in [-0.15, -0.1) is 0 Å². The minimum atomic E-state index is -4.55. The summed E-state index contributed by atoms with van der Waals surface area (Å²) in [7, 11) is 1.41. The van der Waals surface area contributed by atoms with Crippen LogP contribution < -0.4 is 4.74 Å². The molecule has 2 N–H and O–H groups in total. The number of carbonyl (C=O) groups is 1. The Balaban J connectivity index is 2.02. The van der Waals surface area contributed by atoms with Gasteiger partial charge in [0.15, 0.2) is 0 Å². The largest absolute Gasteiger partial charge is 0.497 e. The third-order valence-electron chi connectivity index (χ3n) is 4.97. The summed E-state index contributed by atoms with van der Waals surface area (Å²) in [6, 6.07) is 13.1. The van der Waals surface area contributed by atoms with Crippen LogP contribution in [0, 0.1) is 0 Å². The Morgan fingerprint density at radius 1 is 1.16 bits per heavy atom. The first-order chi connectivity index (χ1) is 15.1. The van der Waals surface area contributed by atoms with Gasteiger partial charge in [0.1, 0.15) is 5.75 Å². The molecule has 2 atom stereocenters. The molecule has 0 amide bonds. The fraction of sp³-hybridized carbons (Fsp3) is 0.217. The van der Waals surface area contributed by atoms with Crippen LogP contribution in [0.3, 0.4) is 0 Å². The average molecular weight is 466 g/mol. The summed E-state index contributed by atoms with van der Waals surface area (Å²) in [4.78, 5) is 15.4. The average Bonchev–Trinajstić information content (AvgIpc) is 2.76. The van der Waals surface area contributed by atoms with E-state index < -0.39 is 30.6 Å². The van der Waals surface area contributed by atoms with Crippen LogP contribution >= 0.6 is 11.6 Å². The van der Waals surface area contributed by atoms with Crippen LogP contribution in [0.5, 0.6) is 5.75 Å². The maximum absolute atomic E-state index is 13.4. The van der Waals surface area contributed by atoms with Crippen LogP contribution in [0.1, 0.15) is 39.9 Å². The Morgan fingerprint density at radius 3 is 2.53 bits per heavy atom. The lowest BCUT2D eigenvalue weighted by Gasteiger charge is -2.26. The standard InChI is InChI=1S/C23H19ClF3NO4/c1-32-16-5-6-17(19(24)11-16)18(12-23(25,26)27)21(29)14-7-8-28-20(10-14)13-3-2-4-15(9-13)22(30)31/h2-11,18,21,29H,12H2,1H3,(H,30,31). The number of aliphatic hydroxyl groups excluding tert-OH is 1. The molecule has 1 aromatic heterocycles. The van der Waals surface area contributed by atoms with E-state index in [1.165, 1.54) is 61.8 Å². The number of benzene rings is 2. The molecular weight excluding hydrogens is 447 g/mol. The van der Waals surface area contributed by atoms with Crippen LogP contribution in [0.4, 0.5) is 13.2 Å². The first kappa shape index (κ1) is 23.6. The third-order valence-corrected chi connectivity index (χ3v) is 5.30. The highest BCUT2D eigenvalue weighted by molar-refractivity contribution is 6.31. The summed E-state index contributed by atoms with van der Waals surface area (Å²) in [5.41, 5.74) is 1.13. The summed E-state index contributed by atoms with van der Waals surface area (Å²) in [5, 5.41) is 20.2. The fourth-order valence-electron chi connectivity index (χ4n) is 3.41. The zero-order valence-electron chi connectivity index (χ0n) is 16.8. The maximum atomic E-state index is 13.4. The molecule has 0 aliphatic carbocycles. The van der Waals surface area contributed by atoms with Gasteiger partial charge in [0.2, 0.25) is 0 Å². The number of ether oxygens (including phenoxy) is 1. The Hall–Kier alpha value is -3.10. The fourth-order valence-corrected chi connectivity index (χ4v) is 3.72. The van der Waals surface area contributed by atoms with Gasteiger partial charge < -0.3 is 14.9 Å². The quantitative estimate of drug-likeness (QED) is 0.455. The lowest BCUT2D eigenvalue weighted by molar-refractivity contribution is -0.144. The number of carboxylic acid groups (broad SMARTS) is 1. The van der Waals surface area contributed by atoms with Crippen LogP contribution in [0.25, 0.3) is 11.3 Å². The van der Waals surface area contributed by atoms with E-state index in [-0.39, 0.29) is 21.7 Å². The van der Waals surface area contributed by atoms with Crippen molar-refractivity contribution in [2.45, 2.75) is 24.6 Å². The summed E-state index contributed by atoms with van der Waals surface area (Å²) in [6.07, 6.45) is -6.05. The van der Waals surface area contributed by atoms with Gasteiger partial charge in [-0.3, -0.25) is 4.98 Å². The van der Waals surface area contributed by atoms with Crippen molar-refractivity contribution in [2.24, 2.45) is 0 Å². The smallest absolute Gasteiger partial charge is 0.389 e. The molecule has 2 unspecified atom stereocenters. The number of aliphatic hydroxyl groups is 1. The van der Waals surface area contributed by atoms with Gasteiger partial charge in [-0.2, -0.15) is 13.2 Å². The van der Waals surface area contributed by atoms with Crippen molar-refractivity contribution in [3.8, 4) is 17.0 Å². The van der Waals surface area contributed by atoms with Gasteiger partial charge in [0.05, 0.1) is 30.9 Å². The SMILES string of the molecule is COc1ccc(C(CC(F)(F)F)C(O)c2ccnc(-c3cccc(C(=O)O)c3)c2)c(Cl)c1. The number of rotatable bonds is 7. The molecular formula is C23H19ClF3NO4. The third kappa shape index (κ3) is 5.57. The topological polar surface area (TPSA) is 79.7 Å². The number of nitrogens with zero attached hydrogens (tertiary/aromatic N) is 1. The molecule has 5 nitrogen and oxygen atoms in total. The lowest BCUT2D eigenvalue weighted by Crippen LogP contribution is -2.20. The predicted octanol–water partition coefficient (Wildman–Crippen LogP) is 5.88. The number of alkyl halides is 3. The zero-order chi connectivity index (χ0) is 23.5. The summed E-state index contributed by atoms with van der Waals surface area (Å²) < 4.78 is 45.1. The highest BCUT2D eigenvalue weighted by Crippen LogP contribution is 2.43. The number of aromatic carboxylic acids is 1. The van der Waals surface area contributed by atoms with Crippen molar-refractivity contribution in [1.82, 2.24) is 4.98 Å². The summed E-state index contributed by atoms with van der Waals surface area (Å²) in [5.74, 6) is -2.13. The van der Waals surface area contributed by atoms with Gasteiger partial charge in [-0.25, -0.2) is 4.79 Å². The monoisotopic (exact) mass is 465 g/mol. The van der Waals surface area contributed by atoms with E-state index >= 15 is 0 Å². The van der Waals surface area contributed by atoms with E-state index in [4.69, 9.17) is 16.3 Å². The molecule has 0 saturated heterocycles. The molecule has 3 aromatic rings. The molecule has 0 bridgehead atoms. The second-order valence-corrected chi connectivity index (χ2v) is 7.53. The zero-order valence-corrected chi connectivity index (χ0v) is 17.6. The molecule has 0 aliphatic rings. The van der Waals surface area contributed by atoms with Crippen molar-refractivity contribution in [2.75, 3.05) is 7.11 Å². The van der Waals surface area contributed by atoms with Crippen LogP contribution in [-0.2, 0) is 0 Å². The van der Waals surface area contributed by atoms with Crippen molar-refractivity contribution >= 4 is 17.6 Å². The number of carboxylic acids is 1. The Bertz CT molecular complexity index is 1120. The van der Waals surface area contributed by atoms with Crippen molar-refractivity contribution in [1.29, 1.82) is 0 Å². The number of hydrogen-bond acceptors (Lipinski definition) is 4. The van der Waals surface area contributed by atoms with E-state index in [0.717, 1.165) is 0 Å². The van der Waals surface area contributed by atoms with Crippen LogP contribution in [0.15, 0.2) is 60.8 Å². The molecule has 2 aromatic carbocycles. The molecule has 0 saturated carbocycles. The van der Waals surface area contributed by atoms with E-state index in [2.05, 4.69) is 4.98 Å². The first-order valence-corrected chi connectivity index (χ1v) is 9.85. The molecule has 9 heteroatoms. The molecule has 0 radical (unpaired) electrons. The lowest BCUT2D eigenvalue weighted by atomic mass is 9.86. The minimum absolute atomic E-state index is 0.0372. The predicted molar refractivity (Wildman–Crippen MR) is 113 cm³/mol. The second kappa shape index (κ2) is 9.58. The van der Waals surface area contributed by atoms with Gasteiger partial charge in [-0.1, -0.05) is 29.8 Å². The van der Waals surface area contributed by atoms with E-state index in [9.17, 15) is 28.2 Å². The Morgan fingerprint density at radius 2 is 1.91 bits per heavy atom. The Kier molecular flexibility index (Phi) is 7.06. The van der Waals surface area contributed by atoms with E-state index in [1.807, 2.05) is 0 Å². The molecule has 32 heavy (non-hydrogen) atoms. The van der Waals surface area contributed by atoms with E-state index in [0.29, 0.717) is 17.0 Å². The first-order valence-electron chi connectivity index (χ1n) is 9.47. The minimum Gasteiger partial charge on any atom is -0.497 e. The van der Waals surface area contributed by atoms with Gasteiger partial charge in [0, 0.05) is 22.7 Å². The number of hydrogen-bond donors (Lipinski definition) is 2. The molecule has 3 rings (SSSR count). The Labute approximate surface area is 187 Å². The maximum Gasteiger partial charge on any atom is 0.389 e. The van der Waals surface area contributed by atoms with E-state index in [1.54, 1.807) is 6.07 Å². The number of halogens is 4. The number of pyridine rings is 1.